The van der Waals surface area contributed by atoms with E-state index in [9.17, 15) is 18.4 Å². The van der Waals surface area contributed by atoms with E-state index in [2.05, 4.69) is 5.32 Å². The van der Waals surface area contributed by atoms with Gasteiger partial charge in [0, 0.05) is 4.90 Å². The van der Waals surface area contributed by atoms with E-state index in [1.165, 1.54) is 18.2 Å². The topological polar surface area (TPSA) is 86.3 Å². The normalized spacial score (nSPS) is 16.4. The van der Waals surface area contributed by atoms with Gasteiger partial charge in [-0.1, -0.05) is 0 Å². The third-order valence-corrected chi connectivity index (χ3v) is 2.54. The largest absolute Gasteiger partial charge is 0.768 e. The van der Waals surface area contributed by atoms with Crippen LogP contribution in [0.15, 0.2) is 23.1 Å². The number of rotatable bonds is 1. The molecular formula is C8H4NO4S-. The second-order valence-electron chi connectivity index (χ2n) is 2.73. The van der Waals surface area contributed by atoms with Crippen molar-refractivity contribution >= 4 is 22.9 Å². The first-order chi connectivity index (χ1) is 6.59. The molecule has 0 fully saturated rings. The molecule has 5 nitrogen and oxygen atoms in total. The van der Waals surface area contributed by atoms with E-state index < -0.39 is 22.9 Å². The molecule has 1 heterocycles. The van der Waals surface area contributed by atoms with E-state index >= 15 is 0 Å². The highest BCUT2D eigenvalue weighted by molar-refractivity contribution is 7.79. The summed E-state index contributed by atoms with van der Waals surface area (Å²) >= 11 is -2.39. The van der Waals surface area contributed by atoms with Crippen LogP contribution in [0.1, 0.15) is 20.7 Å². The average molecular weight is 210 g/mol. The first-order valence-corrected chi connectivity index (χ1v) is 4.76. The van der Waals surface area contributed by atoms with Crippen LogP contribution in [0.4, 0.5) is 0 Å². The van der Waals surface area contributed by atoms with Gasteiger partial charge in [0.2, 0.25) is 0 Å². The van der Waals surface area contributed by atoms with E-state index in [4.69, 9.17) is 0 Å². The molecule has 0 aromatic heterocycles. The highest BCUT2D eigenvalue weighted by atomic mass is 32.2. The van der Waals surface area contributed by atoms with Gasteiger partial charge in [-0.15, -0.1) is 0 Å². The van der Waals surface area contributed by atoms with Gasteiger partial charge in [-0.25, -0.2) is 0 Å². The molecule has 1 N–H and O–H groups in total. The van der Waals surface area contributed by atoms with Crippen LogP contribution in [0, 0.1) is 0 Å². The lowest BCUT2D eigenvalue weighted by Crippen LogP contribution is -2.19. The van der Waals surface area contributed by atoms with Crippen LogP contribution >= 0.6 is 0 Å². The van der Waals surface area contributed by atoms with Crippen LogP contribution in [0.2, 0.25) is 0 Å². The van der Waals surface area contributed by atoms with E-state index in [-0.39, 0.29) is 16.0 Å². The van der Waals surface area contributed by atoms with Crippen molar-refractivity contribution in [3.63, 3.8) is 0 Å². The van der Waals surface area contributed by atoms with Crippen LogP contribution in [0.25, 0.3) is 0 Å². The van der Waals surface area contributed by atoms with Gasteiger partial charge in [-0.3, -0.25) is 19.1 Å². The summed E-state index contributed by atoms with van der Waals surface area (Å²) in [5.74, 6) is -1.05. The molecule has 0 aliphatic carbocycles. The van der Waals surface area contributed by atoms with Gasteiger partial charge < -0.3 is 4.55 Å². The van der Waals surface area contributed by atoms with Gasteiger partial charge >= 0.3 is 0 Å². The summed E-state index contributed by atoms with van der Waals surface area (Å²) in [5, 5.41) is 2.07. The minimum absolute atomic E-state index is 0.00593. The lowest BCUT2D eigenvalue weighted by atomic mass is 10.1. The number of amides is 2. The number of benzene rings is 1. The fraction of sp³-hybridized carbons (Fsp3) is 0. The Hall–Kier alpha value is -1.53. The highest BCUT2D eigenvalue weighted by Crippen LogP contribution is 2.18. The monoisotopic (exact) mass is 210 g/mol. The first-order valence-electron chi connectivity index (χ1n) is 3.68. The van der Waals surface area contributed by atoms with Crippen molar-refractivity contribution in [1.29, 1.82) is 0 Å². The Kier molecular flexibility index (Phi) is 1.94. The first kappa shape index (κ1) is 9.04. The van der Waals surface area contributed by atoms with E-state index in [1.54, 1.807) is 0 Å². The lowest BCUT2D eigenvalue weighted by Gasteiger charge is -2.04. The molecule has 2 rings (SSSR count). The summed E-state index contributed by atoms with van der Waals surface area (Å²) in [4.78, 5) is 22.2. The third-order valence-electron chi connectivity index (χ3n) is 1.90. The predicted molar refractivity (Wildman–Crippen MR) is 45.4 cm³/mol. The molecule has 72 valence electrons. The standard InChI is InChI=1S/C8H5NO4S/c10-7-5-2-1-4(14(12)13)3-6(5)8(11)9-7/h1-3H,(H,12,13)(H,9,10,11)/p-1. The lowest BCUT2D eigenvalue weighted by molar-refractivity contribution is 0.0879. The molecule has 1 atom stereocenters. The highest BCUT2D eigenvalue weighted by Gasteiger charge is 2.26. The van der Waals surface area contributed by atoms with Crippen molar-refractivity contribution in [3.8, 4) is 0 Å². The zero-order valence-electron chi connectivity index (χ0n) is 6.77. The predicted octanol–water partition coefficient (Wildman–Crippen LogP) is -0.192. The fourth-order valence-electron chi connectivity index (χ4n) is 1.25. The maximum absolute atomic E-state index is 11.1. The van der Waals surface area contributed by atoms with Gasteiger partial charge in [-0.2, -0.15) is 0 Å². The number of fused-ring (bicyclic) bond motifs is 1. The van der Waals surface area contributed by atoms with E-state index in [1.807, 2.05) is 0 Å². The number of carbonyl (C=O) groups is 2. The molecule has 1 aliphatic heterocycles. The second kappa shape index (κ2) is 3.00. The summed E-state index contributed by atoms with van der Waals surface area (Å²) < 4.78 is 21.1. The maximum atomic E-state index is 11.1. The minimum Gasteiger partial charge on any atom is -0.768 e. The average Bonchev–Trinajstić information content (AvgIpc) is 2.42. The maximum Gasteiger partial charge on any atom is 0.258 e. The number of nitrogens with one attached hydrogen (secondary N) is 1. The molecule has 0 radical (unpaired) electrons. The van der Waals surface area contributed by atoms with E-state index in [0.29, 0.717) is 0 Å². The van der Waals surface area contributed by atoms with Crippen LogP contribution in [0.3, 0.4) is 0 Å². The van der Waals surface area contributed by atoms with Crippen LogP contribution in [0.5, 0.6) is 0 Å². The Morgan fingerprint density at radius 3 is 2.43 bits per heavy atom. The Bertz CT molecular complexity index is 468. The molecule has 0 spiro atoms. The van der Waals surface area contributed by atoms with Crippen molar-refractivity contribution in [3.05, 3.63) is 29.3 Å². The number of imide groups is 1. The molecule has 1 aromatic carbocycles. The van der Waals surface area contributed by atoms with Crippen LogP contribution < -0.4 is 5.32 Å². The smallest absolute Gasteiger partial charge is 0.258 e. The van der Waals surface area contributed by atoms with Crippen molar-refractivity contribution in [1.82, 2.24) is 5.32 Å². The third kappa shape index (κ3) is 1.24. The summed E-state index contributed by atoms with van der Waals surface area (Å²) in [6, 6.07) is 3.78. The molecule has 0 saturated heterocycles. The number of carbonyl (C=O) groups excluding carboxylic acids is 2. The van der Waals surface area contributed by atoms with Gasteiger partial charge in [0.1, 0.15) is 0 Å². The van der Waals surface area contributed by atoms with Crippen molar-refractivity contribution in [2.75, 3.05) is 0 Å². The summed E-state index contributed by atoms with van der Waals surface area (Å²) in [6.07, 6.45) is 0. The fourth-order valence-corrected chi connectivity index (χ4v) is 1.64. The quantitative estimate of drug-likeness (QED) is 0.514. The molecule has 1 aromatic rings. The summed E-state index contributed by atoms with van der Waals surface area (Å²) in [6.45, 7) is 0. The molecule has 2 amide bonds. The van der Waals surface area contributed by atoms with Crippen molar-refractivity contribution < 1.29 is 18.4 Å². The molecule has 6 heteroatoms. The van der Waals surface area contributed by atoms with Crippen molar-refractivity contribution in [2.45, 2.75) is 4.90 Å². The zero-order valence-corrected chi connectivity index (χ0v) is 7.59. The molecule has 0 bridgehead atoms. The van der Waals surface area contributed by atoms with Crippen molar-refractivity contribution in [2.24, 2.45) is 0 Å². The minimum atomic E-state index is -2.39. The molecule has 1 aliphatic rings. The van der Waals surface area contributed by atoms with Gasteiger partial charge in [0.15, 0.2) is 0 Å². The van der Waals surface area contributed by atoms with Gasteiger partial charge in [0.25, 0.3) is 11.8 Å². The van der Waals surface area contributed by atoms with Gasteiger partial charge in [-0.05, 0) is 29.3 Å². The zero-order chi connectivity index (χ0) is 10.3. The van der Waals surface area contributed by atoms with Crippen LogP contribution in [-0.4, -0.2) is 20.6 Å². The Morgan fingerprint density at radius 2 is 1.79 bits per heavy atom. The SMILES string of the molecule is O=C1NC(=O)c2cc(S(=O)[O-])ccc21. The second-order valence-corrected chi connectivity index (χ2v) is 3.67. The Labute approximate surface area is 81.4 Å². The molecular weight excluding hydrogens is 206 g/mol. The number of hydrogen-bond donors (Lipinski definition) is 1. The summed E-state index contributed by atoms with van der Waals surface area (Å²) in [5.41, 5.74) is 0.320. The molecule has 1 unspecified atom stereocenters. The Balaban J connectivity index is 2.61. The van der Waals surface area contributed by atoms with Gasteiger partial charge in [0.05, 0.1) is 11.1 Å². The van der Waals surface area contributed by atoms with E-state index in [0.717, 1.165) is 0 Å². The van der Waals surface area contributed by atoms with Crippen LogP contribution in [-0.2, 0) is 11.1 Å². The summed E-state index contributed by atoms with van der Waals surface area (Å²) in [7, 11) is 0. The molecule has 0 saturated carbocycles. The molecule has 14 heavy (non-hydrogen) atoms. The Morgan fingerprint density at radius 1 is 1.14 bits per heavy atom. The number of hydrogen-bond acceptors (Lipinski definition) is 4.